The van der Waals surface area contributed by atoms with Gasteiger partial charge in [0.2, 0.25) is 0 Å². The summed E-state index contributed by atoms with van der Waals surface area (Å²) in [7, 11) is 3.29. The van der Waals surface area contributed by atoms with Gasteiger partial charge in [-0.15, -0.1) is 0 Å². The van der Waals surface area contributed by atoms with Gasteiger partial charge in [0.1, 0.15) is 5.75 Å². The Hall–Kier alpha value is -2.36. The monoisotopic (exact) mass is 586 g/mol. The zero-order valence-electron chi connectivity index (χ0n) is 28.0. The molecule has 5 aliphatic carbocycles. The van der Waals surface area contributed by atoms with E-state index in [2.05, 4.69) is 60.3 Å². The quantitative estimate of drug-likeness (QED) is 0.201. The molecule has 0 N–H and O–H groups in total. The van der Waals surface area contributed by atoms with Crippen molar-refractivity contribution in [2.24, 2.45) is 56.7 Å². The van der Waals surface area contributed by atoms with E-state index in [1.54, 1.807) is 14.2 Å². The fraction of sp³-hybridized carbons (Fsp3) is 0.692. The minimum atomic E-state index is -0.414. The molecular weight excluding hydrogens is 532 g/mol. The number of Topliss-reactive ketones (excluding diaryl/α,β-unsaturated/α-hetero) is 1. The molecule has 0 saturated heterocycles. The topological polar surface area (TPSA) is 52.6 Å². The number of ketones is 1. The average Bonchev–Trinajstić information content (AvgIpc) is 3.37. The van der Waals surface area contributed by atoms with Gasteiger partial charge in [0.05, 0.1) is 19.6 Å². The molecule has 234 valence electrons. The number of carbonyl (C=O) groups is 2. The van der Waals surface area contributed by atoms with Crippen molar-refractivity contribution in [1.29, 1.82) is 0 Å². The molecule has 5 saturated carbocycles. The van der Waals surface area contributed by atoms with Gasteiger partial charge in [0, 0.05) is 11.0 Å². The molecule has 5 fully saturated rings. The van der Waals surface area contributed by atoms with E-state index < -0.39 is 5.41 Å². The number of fused-ring (bicyclic) bond motifs is 7. The minimum absolute atomic E-state index is 0.0184. The normalized spacial score (nSPS) is 44.0. The molecule has 6 rings (SSSR count). The van der Waals surface area contributed by atoms with Crippen LogP contribution in [0.25, 0.3) is 6.08 Å². The molecule has 0 spiro atoms. The van der Waals surface area contributed by atoms with E-state index in [0.29, 0.717) is 35.4 Å². The summed E-state index contributed by atoms with van der Waals surface area (Å²) in [5.41, 5.74) is 2.68. The van der Waals surface area contributed by atoms with Crippen molar-refractivity contribution >= 4 is 17.8 Å². The van der Waals surface area contributed by atoms with Gasteiger partial charge in [-0.05, 0) is 128 Å². The zero-order valence-corrected chi connectivity index (χ0v) is 28.0. The largest absolute Gasteiger partial charge is 0.496 e. The Morgan fingerprint density at radius 1 is 0.907 bits per heavy atom. The van der Waals surface area contributed by atoms with E-state index in [1.165, 1.54) is 5.57 Å². The summed E-state index contributed by atoms with van der Waals surface area (Å²) >= 11 is 0. The third-order valence-electron chi connectivity index (χ3n) is 14.7. The van der Waals surface area contributed by atoms with Crippen LogP contribution in [0.2, 0.25) is 0 Å². The SMILES string of the molecule is C=C(C)[C@@H]1CC[C@]2(C(=O)OC)CC[C@]3(C)[C@H](CC[C@@H]4[C@@]5(C)C/C(=C/c6ccccc6OC)C(=O)C(C)(C)[C@@H]5CC[C@]43C)[C@@H]12. The molecule has 4 heteroatoms. The van der Waals surface area contributed by atoms with E-state index in [4.69, 9.17) is 9.47 Å². The van der Waals surface area contributed by atoms with Crippen LogP contribution in [0, 0.1) is 56.7 Å². The number of hydrogen-bond donors (Lipinski definition) is 0. The minimum Gasteiger partial charge on any atom is -0.496 e. The number of allylic oxidation sites excluding steroid dienone is 2. The van der Waals surface area contributed by atoms with Crippen LogP contribution in [-0.2, 0) is 14.3 Å². The molecule has 0 bridgehead atoms. The molecule has 1 aromatic carbocycles. The van der Waals surface area contributed by atoms with Gasteiger partial charge in [-0.1, -0.05) is 65.0 Å². The van der Waals surface area contributed by atoms with E-state index in [0.717, 1.165) is 74.7 Å². The van der Waals surface area contributed by atoms with Gasteiger partial charge >= 0.3 is 5.97 Å². The maximum Gasteiger partial charge on any atom is 0.312 e. The smallest absolute Gasteiger partial charge is 0.312 e. The first-order valence-corrected chi connectivity index (χ1v) is 16.8. The molecule has 0 unspecified atom stereocenters. The molecule has 0 aliphatic heterocycles. The van der Waals surface area contributed by atoms with Crippen molar-refractivity contribution in [2.45, 2.75) is 99.3 Å². The second-order valence-corrected chi connectivity index (χ2v) is 16.5. The number of rotatable bonds is 4. The standard InChI is InChI=1S/C39H54O4/c1-24(2)27-16-19-39(34(41)43-9)21-20-37(6)28(32(27)39)14-15-31-36(5)23-26(22-25-12-10-11-13-29(25)42-8)33(40)35(3,4)30(36)17-18-38(31,37)7/h10-13,22,27-28,30-32H,1,14-21,23H2,2-9H3/b26-22-/t27-,28+,30-,31+,32+,36-,37+,38+,39-/m0/s1. The molecule has 1 aromatic rings. The Morgan fingerprint density at radius 2 is 1.63 bits per heavy atom. The summed E-state index contributed by atoms with van der Waals surface area (Å²) < 4.78 is 11.2. The summed E-state index contributed by atoms with van der Waals surface area (Å²) in [5.74, 6) is 3.19. The van der Waals surface area contributed by atoms with Crippen LogP contribution in [0.15, 0.2) is 42.0 Å². The van der Waals surface area contributed by atoms with Crippen molar-refractivity contribution in [3.63, 3.8) is 0 Å². The van der Waals surface area contributed by atoms with Crippen LogP contribution in [0.3, 0.4) is 0 Å². The van der Waals surface area contributed by atoms with Gasteiger partial charge in [-0.3, -0.25) is 9.59 Å². The second kappa shape index (κ2) is 10.1. The molecule has 0 amide bonds. The third-order valence-corrected chi connectivity index (χ3v) is 14.7. The Balaban J connectivity index is 1.42. The first-order valence-electron chi connectivity index (χ1n) is 16.8. The fourth-order valence-corrected chi connectivity index (χ4v) is 12.7. The molecule has 43 heavy (non-hydrogen) atoms. The van der Waals surface area contributed by atoms with E-state index in [1.807, 2.05) is 18.2 Å². The highest BCUT2D eigenvalue weighted by Crippen LogP contribution is 2.77. The highest BCUT2D eigenvalue weighted by Gasteiger charge is 2.72. The van der Waals surface area contributed by atoms with Crippen molar-refractivity contribution < 1.29 is 19.1 Å². The lowest BCUT2D eigenvalue weighted by Crippen LogP contribution is -2.67. The summed E-state index contributed by atoms with van der Waals surface area (Å²) in [4.78, 5) is 27.7. The van der Waals surface area contributed by atoms with Crippen LogP contribution >= 0.6 is 0 Å². The fourth-order valence-electron chi connectivity index (χ4n) is 12.7. The molecule has 4 nitrogen and oxygen atoms in total. The number of ether oxygens (including phenoxy) is 2. The van der Waals surface area contributed by atoms with Gasteiger partial charge in [0.25, 0.3) is 0 Å². The molecule has 0 aromatic heterocycles. The first-order chi connectivity index (χ1) is 20.2. The zero-order chi connectivity index (χ0) is 31.2. The third kappa shape index (κ3) is 3.99. The summed E-state index contributed by atoms with van der Waals surface area (Å²) in [5, 5.41) is 0. The Kier molecular flexibility index (Phi) is 7.18. The number of methoxy groups -OCH3 is 2. The average molecular weight is 587 g/mol. The molecule has 0 radical (unpaired) electrons. The van der Waals surface area contributed by atoms with Gasteiger partial charge < -0.3 is 9.47 Å². The highest BCUT2D eigenvalue weighted by molar-refractivity contribution is 6.04. The first kappa shape index (κ1) is 30.7. The van der Waals surface area contributed by atoms with E-state index in [9.17, 15) is 9.59 Å². The van der Waals surface area contributed by atoms with Gasteiger partial charge in [-0.2, -0.15) is 0 Å². The molecule has 9 atom stereocenters. The van der Waals surface area contributed by atoms with Crippen molar-refractivity contribution in [3.05, 3.63) is 47.6 Å². The van der Waals surface area contributed by atoms with Gasteiger partial charge in [0.15, 0.2) is 5.78 Å². The predicted octanol–water partition coefficient (Wildman–Crippen LogP) is 9.09. The lowest BCUT2D eigenvalue weighted by Gasteiger charge is -2.72. The number of para-hydroxylation sites is 1. The van der Waals surface area contributed by atoms with Crippen molar-refractivity contribution in [2.75, 3.05) is 14.2 Å². The lowest BCUT2D eigenvalue weighted by molar-refractivity contribution is -0.232. The molecular formula is C39H54O4. The summed E-state index contributed by atoms with van der Waals surface area (Å²) in [6.45, 7) is 18.8. The van der Waals surface area contributed by atoms with Crippen LogP contribution < -0.4 is 4.74 Å². The highest BCUT2D eigenvalue weighted by atomic mass is 16.5. The maximum absolute atomic E-state index is 14.2. The second-order valence-electron chi connectivity index (χ2n) is 16.5. The van der Waals surface area contributed by atoms with Crippen molar-refractivity contribution in [3.8, 4) is 5.75 Å². The number of benzene rings is 1. The number of esters is 1. The van der Waals surface area contributed by atoms with E-state index >= 15 is 0 Å². The molecule has 0 heterocycles. The van der Waals surface area contributed by atoms with Crippen LogP contribution in [0.5, 0.6) is 5.75 Å². The van der Waals surface area contributed by atoms with E-state index in [-0.39, 0.29) is 27.6 Å². The Morgan fingerprint density at radius 3 is 2.30 bits per heavy atom. The van der Waals surface area contributed by atoms with Crippen LogP contribution in [0.4, 0.5) is 0 Å². The van der Waals surface area contributed by atoms with Crippen LogP contribution in [-0.4, -0.2) is 26.0 Å². The predicted molar refractivity (Wildman–Crippen MR) is 172 cm³/mol. The lowest BCUT2D eigenvalue weighted by atomic mass is 9.32. The Labute approximate surface area is 260 Å². The maximum atomic E-state index is 14.2. The summed E-state index contributed by atoms with van der Waals surface area (Å²) in [6.07, 6.45) is 11.5. The van der Waals surface area contributed by atoms with Gasteiger partial charge in [-0.25, -0.2) is 0 Å². The number of carbonyl (C=O) groups excluding carboxylic acids is 2. The summed E-state index contributed by atoms with van der Waals surface area (Å²) in [6, 6.07) is 8.05. The Bertz CT molecular complexity index is 1370. The molecule has 5 aliphatic rings. The van der Waals surface area contributed by atoms with Crippen LogP contribution in [0.1, 0.15) is 105 Å². The van der Waals surface area contributed by atoms with Crippen molar-refractivity contribution in [1.82, 2.24) is 0 Å². The number of hydrogen-bond acceptors (Lipinski definition) is 4.